The van der Waals surface area contributed by atoms with Crippen LogP contribution in [0.3, 0.4) is 0 Å². The lowest BCUT2D eigenvalue weighted by atomic mass is 10.1. The Kier molecular flexibility index (Phi) is 6.53. The van der Waals surface area contributed by atoms with E-state index in [1.165, 1.54) is 0 Å². The summed E-state index contributed by atoms with van der Waals surface area (Å²) in [6.45, 7) is 3.60. The van der Waals surface area contributed by atoms with Crippen molar-refractivity contribution in [2.45, 2.75) is 26.0 Å². The highest BCUT2D eigenvalue weighted by atomic mass is 35.5. The fraction of sp³-hybridized carbons (Fsp3) is 0.316. The van der Waals surface area contributed by atoms with Gasteiger partial charge in [0, 0.05) is 5.02 Å². The summed E-state index contributed by atoms with van der Waals surface area (Å²) in [5.74, 6) is 1.64. The third kappa shape index (κ3) is 5.03. The molecule has 2 atom stereocenters. The topological polar surface area (TPSA) is 56.8 Å². The molecular weight excluding hydrogens is 342 g/mol. The molecule has 25 heavy (non-hydrogen) atoms. The Bertz CT molecular complexity index is 718. The highest BCUT2D eigenvalue weighted by Gasteiger charge is 2.18. The van der Waals surface area contributed by atoms with Crippen LogP contribution in [-0.4, -0.2) is 26.2 Å². The molecule has 2 aromatic rings. The molecule has 1 amide bonds. The normalized spacial score (nSPS) is 12.8. The van der Waals surface area contributed by atoms with Gasteiger partial charge in [-0.15, -0.1) is 0 Å². The van der Waals surface area contributed by atoms with Crippen molar-refractivity contribution in [3.63, 3.8) is 0 Å². The van der Waals surface area contributed by atoms with Gasteiger partial charge < -0.3 is 19.5 Å². The first-order chi connectivity index (χ1) is 11.9. The maximum absolute atomic E-state index is 12.4. The van der Waals surface area contributed by atoms with E-state index in [1.54, 1.807) is 45.4 Å². The number of carbonyl (C=O) groups is 1. The minimum Gasteiger partial charge on any atom is -0.493 e. The molecule has 0 spiro atoms. The highest BCUT2D eigenvalue weighted by molar-refractivity contribution is 6.30. The van der Waals surface area contributed by atoms with Crippen LogP contribution in [0, 0.1) is 0 Å². The van der Waals surface area contributed by atoms with Crippen LogP contribution in [-0.2, 0) is 4.79 Å². The van der Waals surface area contributed by atoms with Crippen molar-refractivity contribution in [2.75, 3.05) is 14.2 Å². The maximum atomic E-state index is 12.4. The van der Waals surface area contributed by atoms with Crippen molar-refractivity contribution < 1.29 is 19.0 Å². The molecule has 0 heterocycles. The Morgan fingerprint density at radius 3 is 2.24 bits per heavy atom. The summed E-state index contributed by atoms with van der Waals surface area (Å²) in [6, 6.07) is 12.2. The molecule has 0 aromatic heterocycles. The van der Waals surface area contributed by atoms with Crippen LogP contribution in [0.1, 0.15) is 25.5 Å². The average molecular weight is 364 g/mol. The number of benzene rings is 2. The second kappa shape index (κ2) is 8.62. The van der Waals surface area contributed by atoms with Crippen molar-refractivity contribution in [3.8, 4) is 17.2 Å². The molecule has 5 nitrogen and oxygen atoms in total. The monoisotopic (exact) mass is 363 g/mol. The molecule has 0 aliphatic heterocycles. The van der Waals surface area contributed by atoms with Gasteiger partial charge in [-0.2, -0.15) is 0 Å². The zero-order valence-electron chi connectivity index (χ0n) is 14.7. The van der Waals surface area contributed by atoms with Gasteiger partial charge in [-0.05, 0) is 55.8 Å². The van der Waals surface area contributed by atoms with Gasteiger partial charge in [-0.25, -0.2) is 0 Å². The summed E-state index contributed by atoms with van der Waals surface area (Å²) in [6.07, 6.45) is -0.635. The van der Waals surface area contributed by atoms with Gasteiger partial charge in [0.05, 0.1) is 20.3 Å². The lowest BCUT2D eigenvalue weighted by Crippen LogP contribution is -2.37. The van der Waals surface area contributed by atoms with Crippen LogP contribution in [0.15, 0.2) is 42.5 Å². The summed E-state index contributed by atoms with van der Waals surface area (Å²) in [4.78, 5) is 12.4. The molecule has 1 N–H and O–H groups in total. The van der Waals surface area contributed by atoms with Crippen molar-refractivity contribution in [2.24, 2.45) is 0 Å². The van der Waals surface area contributed by atoms with E-state index in [0.717, 1.165) is 5.56 Å². The number of methoxy groups -OCH3 is 2. The van der Waals surface area contributed by atoms with E-state index in [1.807, 2.05) is 25.1 Å². The molecular formula is C19H22ClNO4. The van der Waals surface area contributed by atoms with Gasteiger partial charge in [-0.1, -0.05) is 17.7 Å². The smallest absolute Gasteiger partial charge is 0.261 e. The van der Waals surface area contributed by atoms with E-state index in [0.29, 0.717) is 22.3 Å². The minimum absolute atomic E-state index is 0.205. The molecule has 0 radical (unpaired) electrons. The predicted molar refractivity (Wildman–Crippen MR) is 97.6 cm³/mol. The molecule has 6 heteroatoms. The maximum Gasteiger partial charge on any atom is 0.261 e. The first kappa shape index (κ1) is 18.9. The summed E-state index contributed by atoms with van der Waals surface area (Å²) >= 11 is 5.84. The summed E-state index contributed by atoms with van der Waals surface area (Å²) in [5.41, 5.74) is 0.907. The number of rotatable bonds is 7. The van der Waals surface area contributed by atoms with Gasteiger partial charge in [-0.3, -0.25) is 4.79 Å². The number of hydrogen-bond acceptors (Lipinski definition) is 4. The summed E-state index contributed by atoms with van der Waals surface area (Å²) in [7, 11) is 3.16. The number of ether oxygens (including phenoxy) is 3. The molecule has 0 aliphatic carbocycles. The molecule has 0 aliphatic rings. The quantitative estimate of drug-likeness (QED) is 0.807. The molecule has 0 bridgehead atoms. The standard InChI is InChI=1S/C19H22ClNO4/c1-12(14-5-10-17(23-3)18(11-14)24-4)21-19(22)13(2)25-16-8-6-15(20)7-9-16/h5-13H,1-4H3,(H,21,22)/t12-,13-/m0/s1. The second-order valence-corrected chi connectivity index (χ2v) is 6.00. The third-order valence-corrected chi connectivity index (χ3v) is 4.01. The molecule has 2 rings (SSSR count). The number of nitrogens with one attached hydrogen (secondary N) is 1. The minimum atomic E-state index is -0.635. The fourth-order valence-electron chi connectivity index (χ4n) is 2.31. The zero-order chi connectivity index (χ0) is 18.4. The lowest BCUT2D eigenvalue weighted by Gasteiger charge is -2.20. The number of amides is 1. The fourth-order valence-corrected chi connectivity index (χ4v) is 2.43. The van der Waals surface area contributed by atoms with Crippen LogP contribution < -0.4 is 19.5 Å². The molecule has 0 unspecified atom stereocenters. The van der Waals surface area contributed by atoms with Crippen LogP contribution >= 0.6 is 11.6 Å². The first-order valence-corrected chi connectivity index (χ1v) is 8.27. The average Bonchev–Trinajstić information content (AvgIpc) is 2.62. The van der Waals surface area contributed by atoms with Crippen molar-refractivity contribution in [1.29, 1.82) is 0 Å². The number of halogens is 1. The molecule has 0 saturated carbocycles. The third-order valence-electron chi connectivity index (χ3n) is 3.76. The molecule has 0 saturated heterocycles. The lowest BCUT2D eigenvalue weighted by molar-refractivity contribution is -0.127. The van der Waals surface area contributed by atoms with E-state index in [2.05, 4.69) is 5.32 Å². The largest absolute Gasteiger partial charge is 0.493 e. The van der Waals surface area contributed by atoms with E-state index >= 15 is 0 Å². The van der Waals surface area contributed by atoms with Crippen LogP contribution in [0.5, 0.6) is 17.2 Å². The van der Waals surface area contributed by atoms with Crippen molar-refractivity contribution in [3.05, 3.63) is 53.1 Å². The van der Waals surface area contributed by atoms with Crippen LogP contribution in [0.4, 0.5) is 0 Å². The van der Waals surface area contributed by atoms with Crippen LogP contribution in [0.25, 0.3) is 0 Å². The van der Waals surface area contributed by atoms with Crippen LogP contribution in [0.2, 0.25) is 5.02 Å². The Labute approximate surface area is 152 Å². The Morgan fingerprint density at radius 1 is 1.00 bits per heavy atom. The molecule has 134 valence electrons. The van der Waals surface area contributed by atoms with E-state index in [4.69, 9.17) is 25.8 Å². The predicted octanol–water partition coefficient (Wildman–Crippen LogP) is 4.00. The zero-order valence-corrected chi connectivity index (χ0v) is 15.5. The van der Waals surface area contributed by atoms with Crippen molar-refractivity contribution in [1.82, 2.24) is 5.32 Å². The van der Waals surface area contributed by atoms with E-state index in [-0.39, 0.29) is 11.9 Å². The second-order valence-electron chi connectivity index (χ2n) is 5.56. The Morgan fingerprint density at radius 2 is 1.64 bits per heavy atom. The molecule has 2 aromatic carbocycles. The first-order valence-electron chi connectivity index (χ1n) is 7.89. The van der Waals surface area contributed by atoms with E-state index < -0.39 is 6.10 Å². The highest BCUT2D eigenvalue weighted by Crippen LogP contribution is 2.30. The number of carbonyl (C=O) groups excluding carboxylic acids is 1. The van der Waals surface area contributed by atoms with Gasteiger partial charge in [0.25, 0.3) is 5.91 Å². The molecule has 0 fully saturated rings. The Balaban J connectivity index is 2.00. The summed E-state index contributed by atoms with van der Waals surface area (Å²) in [5, 5.41) is 3.55. The summed E-state index contributed by atoms with van der Waals surface area (Å²) < 4.78 is 16.2. The SMILES string of the molecule is COc1ccc([C@H](C)NC(=O)[C@H](C)Oc2ccc(Cl)cc2)cc1OC. The number of hydrogen-bond donors (Lipinski definition) is 1. The van der Waals surface area contributed by atoms with E-state index in [9.17, 15) is 4.79 Å². The van der Waals surface area contributed by atoms with Gasteiger partial charge >= 0.3 is 0 Å². The van der Waals surface area contributed by atoms with Gasteiger partial charge in [0.15, 0.2) is 17.6 Å². The van der Waals surface area contributed by atoms with Crippen molar-refractivity contribution >= 4 is 17.5 Å². The Hall–Kier alpha value is -2.40. The van der Waals surface area contributed by atoms with Gasteiger partial charge in [0.1, 0.15) is 5.75 Å². The van der Waals surface area contributed by atoms with Gasteiger partial charge in [0.2, 0.25) is 0 Å².